The average Bonchev–Trinajstić information content (AvgIpc) is 2.47. The maximum absolute atomic E-state index is 5.79. The summed E-state index contributed by atoms with van der Waals surface area (Å²) in [6, 6.07) is 9.95. The van der Waals surface area contributed by atoms with Crippen LogP contribution >= 0.6 is 0 Å². The van der Waals surface area contributed by atoms with Gasteiger partial charge >= 0.3 is 0 Å². The van der Waals surface area contributed by atoms with E-state index in [1.54, 1.807) is 6.20 Å². The Morgan fingerprint density at radius 1 is 1.28 bits per heavy atom. The Morgan fingerprint density at radius 2 is 2.22 bits per heavy atom. The first kappa shape index (κ1) is 11.0. The van der Waals surface area contributed by atoms with Gasteiger partial charge in [0.05, 0.1) is 18.0 Å². The third kappa shape index (κ3) is 1.91. The zero-order valence-electron chi connectivity index (χ0n) is 10.0. The monoisotopic (exact) mass is 241 g/mol. The minimum Gasteiger partial charge on any atom is -0.493 e. The van der Waals surface area contributed by atoms with Gasteiger partial charge < -0.3 is 10.2 Å². The third-order valence-electron chi connectivity index (χ3n) is 3.14. The summed E-state index contributed by atoms with van der Waals surface area (Å²) in [5.74, 6) is 6.39. The van der Waals surface area contributed by atoms with Crippen LogP contribution in [-0.4, -0.2) is 11.6 Å². The lowest BCUT2D eigenvalue weighted by atomic mass is 10.0. The molecule has 1 aromatic heterocycles. The zero-order valence-corrected chi connectivity index (χ0v) is 10.0. The SMILES string of the molecule is NNc1ccnc(-c2cccc3c2OCCC3)c1. The van der Waals surface area contributed by atoms with Gasteiger partial charge in [-0.2, -0.15) is 0 Å². The molecule has 0 amide bonds. The Balaban J connectivity index is 2.10. The van der Waals surface area contributed by atoms with E-state index < -0.39 is 0 Å². The van der Waals surface area contributed by atoms with Crippen molar-refractivity contribution in [1.82, 2.24) is 4.98 Å². The van der Waals surface area contributed by atoms with Crippen molar-refractivity contribution in [1.29, 1.82) is 0 Å². The number of fused-ring (bicyclic) bond motifs is 1. The minimum atomic E-state index is 0.777. The van der Waals surface area contributed by atoms with Crippen LogP contribution in [0.15, 0.2) is 36.5 Å². The molecule has 0 atom stereocenters. The molecule has 0 aliphatic carbocycles. The molecule has 0 saturated carbocycles. The molecule has 2 heterocycles. The number of aromatic nitrogens is 1. The lowest BCUT2D eigenvalue weighted by Gasteiger charge is -2.20. The Labute approximate surface area is 106 Å². The first-order valence-electron chi connectivity index (χ1n) is 6.06. The van der Waals surface area contributed by atoms with Gasteiger partial charge in [0.2, 0.25) is 0 Å². The van der Waals surface area contributed by atoms with Gasteiger partial charge in [0.25, 0.3) is 0 Å². The Bertz CT molecular complexity index is 569. The number of ether oxygens (including phenoxy) is 1. The molecule has 0 spiro atoms. The number of rotatable bonds is 2. The van der Waals surface area contributed by atoms with Gasteiger partial charge in [-0.1, -0.05) is 12.1 Å². The summed E-state index contributed by atoms with van der Waals surface area (Å²) in [4.78, 5) is 4.39. The minimum absolute atomic E-state index is 0.777. The number of para-hydroxylation sites is 1. The first-order valence-corrected chi connectivity index (χ1v) is 6.06. The number of nitrogen functional groups attached to an aromatic ring is 1. The molecule has 2 aromatic rings. The summed E-state index contributed by atoms with van der Waals surface area (Å²) in [5.41, 5.74) is 6.64. The molecule has 0 radical (unpaired) electrons. The van der Waals surface area contributed by atoms with Gasteiger partial charge in [0.1, 0.15) is 5.75 Å². The molecule has 0 unspecified atom stereocenters. The van der Waals surface area contributed by atoms with E-state index in [1.165, 1.54) is 5.56 Å². The largest absolute Gasteiger partial charge is 0.493 e. The molecule has 0 bridgehead atoms. The number of anilines is 1. The highest BCUT2D eigenvalue weighted by atomic mass is 16.5. The van der Waals surface area contributed by atoms with E-state index in [1.807, 2.05) is 24.3 Å². The second-order valence-electron chi connectivity index (χ2n) is 4.32. The van der Waals surface area contributed by atoms with Crippen molar-refractivity contribution < 1.29 is 4.74 Å². The lowest BCUT2D eigenvalue weighted by Crippen LogP contribution is -2.10. The van der Waals surface area contributed by atoms with Crippen molar-refractivity contribution in [3.05, 3.63) is 42.1 Å². The van der Waals surface area contributed by atoms with E-state index in [9.17, 15) is 0 Å². The van der Waals surface area contributed by atoms with Crippen LogP contribution in [0.2, 0.25) is 0 Å². The highest BCUT2D eigenvalue weighted by Gasteiger charge is 2.16. The molecule has 0 saturated heterocycles. The number of hydrazine groups is 1. The molecular formula is C14H15N3O. The molecule has 4 nitrogen and oxygen atoms in total. The predicted molar refractivity (Wildman–Crippen MR) is 71.3 cm³/mol. The highest BCUT2D eigenvalue weighted by molar-refractivity contribution is 5.71. The molecule has 3 N–H and O–H groups in total. The fourth-order valence-corrected chi connectivity index (χ4v) is 2.26. The summed E-state index contributed by atoms with van der Waals surface area (Å²) in [7, 11) is 0. The number of pyridine rings is 1. The Kier molecular flexibility index (Phi) is 2.86. The average molecular weight is 241 g/mol. The van der Waals surface area contributed by atoms with Gasteiger partial charge in [0, 0.05) is 11.8 Å². The molecule has 1 aliphatic heterocycles. The van der Waals surface area contributed by atoms with Crippen molar-refractivity contribution >= 4 is 5.69 Å². The lowest BCUT2D eigenvalue weighted by molar-refractivity contribution is 0.289. The predicted octanol–water partition coefficient (Wildman–Crippen LogP) is 2.36. The number of hydrogen-bond donors (Lipinski definition) is 2. The fraction of sp³-hybridized carbons (Fsp3) is 0.214. The van der Waals surface area contributed by atoms with Crippen molar-refractivity contribution in [2.45, 2.75) is 12.8 Å². The molecule has 3 rings (SSSR count). The molecule has 1 aliphatic rings. The van der Waals surface area contributed by atoms with Crippen LogP contribution in [0.25, 0.3) is 11.3 Å². The quantitative estimate of drug-likeness (QED) is 0.626. The van der Waals surface area contributed by atoms with Gasteiger partial charge in [-0.15, -0.1) is 0 Å². The first-order chi connectivity index (χ1) is 8.88. The van der Waals surface area contributed by atoms with Crippen LogP contribution in [0, 0.1) is 0 Å². The normalized spacial score (nSPS) is 13.6. The zero-order chi connectivity index (χ0) is 12.4. The van der Waals surface area contributed by atoms with Crippen molar-refractivity contribution in [3.8, 4) is 17.0 Å². The van der Waals surface area contributed by atoms with E-state index >= 15 is 0 Å². The second-order valence-corrected chi connectivity index (χ2v) is 4.32. The summed E-state index contributed by atoms with van der Waals surface area (Å²) < 4.78 is 5.79. The van der Waals surface area contributed by atoms with Gasteiger partial charge in [-0.3, -0.25) is 10.8 Å². The summed E-state index contributed by atoms with van der Waals surface area (Å²) in [5, 5.41) is 0. The number of nitrogens with one attached hydrogen (secondary N) is 1. The summed E-state index contributed by atoms with van der Waals surface area (Å²) in [6.45, 7) is 0.777. The summed E-state index contributed by atoms with van der Waals surface area (Å²) >= 11 is 0. The van der Waals surface area contributed by atoms with E-state index in [-0.39, 0.29) is 0 Å². The van der Waals surface area contributed by atoms with E-state index in [0.717, 1.165) is 42.1 Å². The third-order valence-corrected chi connectivity index (χ3v) is 3.14. The van der Waals surface area contributed by atoms with Crippen LogP contribution in [0.5, 0.6) is 5.75 Å². The van der Waals surface area contributed by atoms with Crippen LogP contribution in [0.4, 0.5) is 5.69 Å². The molecule has 4 heteroatoms. The van der Waals surface area contributed by atoms with Crippen molar-refractivity contribution in [3.63, 3.8) is 0 Å². The van der Waals surface area contributed by atoms with Crippen LogP contribution in [0.3, 0.4) is 0 Å². The van der Waals surface area contributed by atoms with Crippen LogP contribution in [0.1, 0.15) is 12.0 Å². The highest BCUT2D eigenvalue weighted by Crippen LogP contribution is 2.35. The van der Waals surface area contributed by atoms with Crippen molar-refractivity contribution in [2.24, 2.45) is 5.84 Å². The Hall–Kier alpha value is -2.07. The topological polar surface area (TPSA) is 60.2 Å². The summed E-state index contributed by atoms with van der Waals surface area (Å²) in [6.07, 6.45) is 3.89. The fourth-order valence-electron chi connectivity index (χ4n) is 2.26. The van der Waals surface area contributed by atoms with Crippen LogP contribution < -0.4 is 16.0 Å². The Morgan fingerprint density at radius 3 is 3.11 bits per heavy atom. The van der Waals surface area contributed by atoms with Gasteiger partial charge in [0.15, 0.2) is 0 Å². The molecule has 0 fully saturated rings. The molecular weight excluding hydrogens is 226 g/mol. The molecule has 92 valence electrons. The van der Waals surface area contributed by atoms with E-state index in [0.29, 0.717) is 0 Å². The van der Waals surface area contributed by atoms with Gasteiger partial charge in [-0.25, -0.2) is 0 Å². The standard InChI is InChI=1S/C14H15N3O/c15-17-11-6-7-16-13(9-11)12-5-1-3-10-4-2-8-18-14(10)12/h1,3,5-7,9H,2,4,8,15H2,(H,16,17). The van der Waals surface area contributed by atoms with Gasteiger partial charge in [-0.05, 0) is 36.6 Å². The van der Waals surface area contributed by atoms with E-state index in [4.69, 9.17) is 10.6 Å². The van der Waals surface area contributed by atoms with Crippen LogP contribution in [-0.2, 0) is 6.42 Å². The number of nitrogens with zero attached hydrogens (tertiary/aromatic N) is 1. The number of benzene rings is 1. The molecule has 18 heavy (non-hydrogen) atoms. The second kappa shape index (κ2) is 4.66. The smallest absolute Gasteiger partial charge is 0.131 e. The molecule has 1 aromatic carbocycles. The maximum Gasteiger partial charge on any atom is 0.131 e. The number of hydrogen-bond acceptors (Lipinski definition) is 4. The number of nitrogens with two attached hydrogens (primary N) is 1. The number of aryl methyl sites for hydroxylation is 1. The van der Waals surface area contributed by atoms with E-state index in [2.05, 4.69) is 16.5 Å². The maximum atomic E-state index is 5.79. The van der Waals surface area contributed by atoms with Crippen molar-refractivity contribution in [2.75, 3.05) is 12.0 Å².